The molecule has 2 aromatic rings. The summed E-state index contributed by atoms with van der Waals surface area (Å²) in [6.07, 6.45) is 0. The number of hydrogen-bond donors (Lipinski definition) is 1. The molecule has 4 nitrogen and oxygen atoms in total. The van der Waals surface area contributed by atoms with Crippen LogP contribution in [0.4, 0.5) is 5.69 Å². The van der Waals surface area contributed by atoms with Crippen LogP contribution in [0.5, 0.6) is 0 Å². The van der Waals surface area contributed by atoms with Crippen molar-refractivity contribution >= 4 is 16.6 Å². The van der Waals surface area contributed by atoms with Crippen LogP contribution in [0.15, 0.2) is 30.3 Å². The van der Waals surface area contributed by atoms with E-state index in [1.165, 1.54) is 11.1 Å². The van der Waals surface area contributed by atoms with E-state index in [-0.39, 0.29) is 0 Å². The maximum absolute atomic E-state index is 4.70. The van der Waals surface area contributed by atoms with Crippen LogP contribution in [-0.2, 0) is 6.54 Å². The normalized spacial score (nSPS) is 11.2. The zero-order valence-electron chi connectivity index (χ0n) is 12.8. The molecular formula is C16H24N4. The van der Waals surface area contributed by atoms with Crippen LogP contribution in [0.25, 0.3) is 10.9 Å². The summed E-state index contributed by atoms with van der Waals surface area (Å²) < 4.78 is 0. The molecule has 0 bridgehead atoms. The van der Waals surface area contributed by atoms with E-state index in [9.17, 15) is 0 Å². The maximum Gasteiger partial charge on any atom is 0.0726 e. The summed E-state index contributed by atoms with van der Waals surface area (Å²) in [5.41, 5.74) is 3.40. The molecule has 2 rings (SSSR count). The Morgan fingerprint density at radius 3 is 2.55 bits per heavy atom. The summed E-state index contributed by atoms with van der Waals surface area (Å²) >= 11 is 0. The summed E-state index contributed by atoms with van der Waals surface area (Å²) in [4.78, 5) is 9.22. The van der Waals surface area contributed by atoms with Crippen molar-refractivity contribution < 1.29 is 0 Å². The Bertz CT molecular complexity index is 565. The van der Waals surface area contributed by atoms with Gasteiger partial charge in [-0.05, 0) is 33.3 Å². The third kappa shape index (κ3) is 3.46. The molecule has 0 aliphatic heterocycles. The molecule has 4 heteroatoms. The van der Waals surface area contributed by atoms with Crippen molar-refractivity contribution in [3.8, 4) is 0 Å². The van der Waals surface area contributed by atoms with Gasteiger partial charge in [-0.3, -0.25) is 4.98 Å². The lowest BCUT2D eigenvalue weighted by Gasteiger charge is -2.23. The number of likely N-dealkylation sites (N-methyl/N-ethyl adjacent to an activating group) is 2. The van der Waals surface area contributed by atoms with E-state index in [1.807, 2.05) is 13.1 Å². The molecule has 0 saturated heterocycles. The van der Waals surface area contributed by atoms with Gasteiger partial charge in [0.1, 0.15) is 0 Å². The number of rotatable bonds is 6. The van der Waals surface area contributed by atoms with E-state index in [1.54, 1.807) is 0 Å². The quantitative estimate of drug-likeness (QED) is 0.871. The van der Waals surface area contributed by atoms with Gasteiger partial charge in [-0.25, -0.2) is 0 Å². The van der Waals surface area contributed by atoms with Gasteiger partial charge >= 0.3 is 0 Å². The average molecular weight is 272 g/mol. The summed E-state index contributed by atoms with van der Waals surface area (Å²) in [6, 6.07) is 10.5. The Morgan fingerprint density at radius 1 is 1.10 bits per heavy atom. The van der Waals surface area contributed by atoms with Crippen LogP contribution >= 0.6 is 0 Å². The second kappa shape index (κ2) is 6.68. The molecule has 1 aromatic heterocycles. The topological polar surface area (TPSA) is 31.4 Å². The lowest BCUT2D eigenvalue weighted by molar-refractivity contribution is 0.416. The highest BCUT2D eigenvalue weighted by Crippen LogP contribution is 2.25. The number of nitrogens with zero attached hydrogens (tertiary/aromatic N) is 3. The van der Waals surface area contributed by atoms with E-state index >= 15 is 0 Å². The van der Waals surface area contributed by atoms with Gasteiger partial charge in [-0.15, -0.1) is 0 Å². The van der Waals surface area contributed by atoms with Crippen LogP contribution in [0.3, 0.4) is 0 Å². The summed E-state index contributed by atoms with van der Waals surface area (Å²) in [7, 11) is 8.30. The third-order valence-corrected chi connectivity index (χ3v) is 3.40. The van der Waals surface area contributed by atoms with Crippen LogP contribution in [0.1, 0.15) is 5.69 Å². The number of benzene rings is 1. The van der Waals surface area contributed by atoms with Gasteiger partial charge in [0, 0.05) is 37.8 Å². The number of anilines is 1. The molecule has 0 spiro atoms. The zero-order valence-corrected chi connectivity index (χ0v) is 12.8. The molecule has 0 saturated carbocycles. The highest BCUT2D eigenvalue weighted by molar-refractivity contribution is 5.91. The average Bonchev–Trinajstić information content (AvgIpc) is 2.44. The van der Waals surface area contributed by atoms with E-state index in [4.69, 9.17) is 4.98 Å². The molecule has 20 heavy (non-hydrogen) atoms. The molecule has 0 amide bonds. The van der Waals surface area contributed by atoms with Gasteiger partial charge in [0.05, 0.1) is 11.2 Å². The first kappa shape index (κ1) is 14.8. The fraction of sp³-hybridized carbons (Fsp3) is 0.438. The van der Waals surface area contributed by atoms with Crippen molar-refractivity contribution in [3.63, 3.8) is 0 Å². The van der Waals surface area contributed by atoms with Crippen molar-refractivity contribution in [1.29, 1.82) is 0 Å². The van der Waals surface area contributed by atoms with Crippen molar-refractivity contribution in [1.82, 2.24) is 15.2 Å². The Morgan fingerprint density at radius 2 is 1.85 bits per heavy atom. The third-order valence-electron chi connectivity index (χ3n) is 3.40. The van der Waals surface area contributed by atoms with Crippen LogP contribution < -0.4 is 10.2 Å². The number of pyridine rings is 1. The van der Waals surface area contributed by atoms with Gasteiger partial charge < -0.3 is 15.1 Å². The predicted molar refractivity (Wildman–Crippen MR) is 86.3 cm³/mol. The maximum atomic E-state index is 4.70. The lowest BCUT2D eigenvalue weighted by atomic mass is 10.1. The van der Waals surface area contributed by atoms with Crippen molar-refractivity contribution in [2.45, 2.75) is 6.54 Å². The molecule has 108 valence electrons. The molecular weight excluding hydrogens is 248 g/mol. The fourth-order valence-electron chi connectivity index (χ4n) is 2.27. The van der Waals surface area contributed by atoms with Crippen LogP contribution in [0, 0.1) is 0 Å². The number of fused-ring (bicyclic) bond motifs is 1. The molecule has 1 heterocycles. The molecule has 0 atom stereocenters. The van der Waals surface area contributed by atoms with Crippen molar-refractivity contribution in [2.75, 3.05) is 46.2 Å². The van der Waals surface area contributed by atoms with Crippen molar-refractivity contribution in [3.05, 3.63) is 36.0 Å². The van der Waals surface area contributed by atoms with Crippen LogP contribution in [-0.4, -0.2) is 51.2 Å². The first-order chi connectivity index (χ1) is 9.61. The standard InChI is InChI=1S/C16H24N4/c1-17-12-13-11-16(20(4)10-9-19(2)3)14-7-5-6-8-15(14)18-13/h5-8,11,17H,9-10,12H2,1-4H3. The van der Waals surface area contributed by atoms with E-state index < -0.39 is 0 Å². The van der Waals surface area contributed by atoms with Gasteiger partial charge in [0.2, 0.25) is 0 Å². The molecule has 1 N–H and O–H groups in total. The second-order valence-corrected chi connectivity index (χ2v) is 5.41. The number of aromatic nitrogens is 1. The number of para-hydroxylation sites is 1. The SMILES string of the molecule is CNCc1cc(N(C)CCN(C)C)c2ccccc2n1. The Labute approximate surface area is 121 Å². The number of hydrogen-bond acceptors (Lipinski definition) is 4. The first-order valence-electron chi connectivity index (χ1n) is 7.01. The Kier molecular flexibility index (Phi) is 4.93. The van der Waals surface area contributed by atoms with E-state index in [2.05, 4.69) is 60.5 Å². The number of nitrogens with one attached hydrogen (secondary N) is 1. The monoisotopic (exact) mass is 272 g/mol. The first-order valence-corrected chi connectivity index (χ1v) is 7.01. The summed E-state index contributed by atoms with van der Waals surface area (Å²) in [5, 5.41) is 4.39. The van der Waals surface area contributed by atoms with Gasteiger partial charge in [-0.1, -0.05) is 18.2 Å². The smallest absolute Gasteiger partial charge is 0.0726 e. The van der Waals surface area contributed by atoms with E-state index in [0.717, 1.165) is 30.8 Å². The zero-order chi connectivity index (χ0) is 14.5. The molecule has 0 unspecified atom stereocenters. The predicted octanol–water partition coefficient (Wildman–Crippen LogP) is 1.95. The minimum atomic E-state index is 0.791. The minimum absolute atomic E-state index is 0.791. The van der Waals surface area contributed by atoms with Gasteiger partial charge in [0.15, 0.2) is 0 Å². The largest absolute Gasteiger partial charge is 0.373 e. The van der Waals surface area contributed by atoms with Gasteiger partial charge in [0.25, 0.3) is 0 Å². The second-order valence-electron chi connectivity index (χ2n) is 5.41. The summed E-state index contributed by atoms with van der Waals surface area (Å²) in [6.45, 7) is 2.83. The molecule has 1 aromatic carbocycles. The van der Waals surface area contributed by atoms with Crippen molar-refractivity contribution in [2.24, 2.45) is 0 Å². The fourth-order valence-corrected chi connectivity index (χ4v) is 2.27. The highest BCUT2D eigenvalue weighted by atomic mass is 15.2. The van der Waals surface area contributed by atoms with E-state index in [0.29, 0.717) is 0 Å². The molecule has 0 aliphatic carbocycles. The highest BCUT2D eigenvalue weighted by Gasteiger charge is 2.09. The Hall–Kier alpha value is -1.65. The lowest BCUT2D eigenvalue weighted by Crippen LogP contribution is -2.28. The molecule has 0 fully saturated rings. The van der Waals surface area contributed by atoms with Crippen LogP contribution in [0.2, 0.25) is 0 Å². The molecule has 0 aliphatic rings. The van der Waals surface area contributed by atoms with Gasteiger partial charge in [-0.2, -0.15) is 0 Å². The Balaban J connectivity index is 2.38. The summed E-state index contributed by atoms with van der Waals surface area (Å²) in [5.74, 6) is 0. The minimum Gasteiger partial charge on any atom is -0.373 e. The molecule has 0 radical (unpaired) electrons.